The van der Waals surface area contributed by atoms with Crippen LogP contribution < -0.4 is 5.32 Å². The molecule has 0 aromatic heterocycles. The van der Waals surface area contributed by atoms with E-state index >= 15 is 0 Å². The molecule has 0 aliphatic heterocycles. The quantitative estimate of drug-likeness (QED) is 0.662. The Labute approximate surface area is 126 Å². The first-order chi connectivity index (χ1) is 9.51. The van der Waals surface area contributed by atoms with E-state index in [1.807, 2.05) is 44.2 Å². The van der Waals surface area contributed by atoms with Crippen molar-refractivity contribution in [3.05, 3.63) is 35.9 Å². The van der Waals surface area contributed by atoms with Gasteiger partial charge in [-0.3, -0.25) is 4.79 Å². The number of alkyl halides is 1. The van der Waals surface area contributed by atoms with Gasteiger partial charge in [0.2, 0.25) is 5.91 Å². The third-order valence-electron chi connectivity index (χ3n) is 4.31. The minimum absolute atomic E-state index is 0.0630. The Kier molecular flexibility index (Phi) is 5.09. The second kappa shape index (κ2) is 6.62. The molecule has 1 aliphatic rings. The average Bonchev–Trinajstić information content (AvgIpc) is 2.65. The molecule has 2 nitrogen and oxygen atoms in total. The molecule has 0 radical (unpaired) electrons. The maximum Gasteiger partial charge on any atom is 0.230 e. The molecule has 1 aromatic rings. The van der Waals surface area contributed by atoms with Crippen LogP contribution in [0, 0.1) is 0 Å². The number of carbonyl (C=O) groups excluding carboxylic acids is 1. The lowest BCUT2D eigenvalue weighted by atomic mass is 9.83. The minimum atomic E-state index is -0.524. The molecule has 2 rings (SSSR count). The Morgan fingerprint density at radius 1 is 1.15 bits per heavy atom. The Balaban J connectivity index is 2.07. The van der Waals surface area contributed by atoms with Crippen LogP contribution in [0.4, 0.5) is 0 Å². The number of nitrogens with one attached hydrogen (secondary N) is 1. The van der Waals surface area contributed by atoms with Gasteiger partial charge in [0, 0.05) is 6.04 Å². The van der Waals surface area contributed by atoms with E-state index in [1.165, 1.54) is 12.8 Å². The van der Waals surface area contributed by atoms with Gasteiger partial charge in [0.1, 0.15) is 0 Å². The molecular weight excluding hydrogens is 270 g/mol. The van der Waals surface area contributed by atoms with Crippen LogP contribution in [0.3, 0.4) is 0 Å². The van der Waals surface area contributed by atoms with Crippen molar-refractivity contribution in [2.24, 2.45) is 0 Å². The topological polar surface area (TPSA) is 29.1 Å². The molecule has 0 bridgehead atoms. The van der Waals surface area contributed by atoms with Crippen molar-refractivity contribution in [2.45, 2.75) is 62.8 Å². The van der Waals surface area contributed by atoms with E-state index in [0.29, 0.717) is 0 Å². The van der Waals surface area contributed by atoms with Gasteiger partial charge in [-0.15, -0.1) is 11.6 Å². The molecule has 2 unspecified atom stereocenters. The lowest BCUT2D eigenvalue weighted by molar-refractivity contribution is -0.126. The summed E-state index contributed by atoms with van der Waals surface area (Å²) in [6.07, 6.45) is 5.53. The summed E-state index contributed by atoms with van der Waals surface area (Å²) in [6, 6.07) is 10.0. The van der Waals surface area contributed by atoms with Gasteiger partial charge >= 0.3 is 0 Å². The predicted molar refractivity (Wildman–Crippen MR) is 84.1 cm³/mol. The number of carbonyl (C=O) groups is 1. The maximum atomic E-state index is 12.6. The van der Waals surface area contributed by atoms with Gasteiger partial charge in [-0.25, -0.2) is 0 Å². The second-order valence-electron chi connectivity index (χ2n) is 6.22. The van der Waals surface area contributed by atoms with Gasteiger partial charge in [0.25, 0.3) is 0 Å². The number of rotatable bonds is 3. The zero-order valence-corrected chi connectivity index (χ0v) is 13.1. The van der Waals surface area contributed by atoms with Crippen LogP contribution >= 0.6 is 11.6 Å². The third-order valence-corrected chi connectivity index (χ3v) is 4.83. The lowest BCUT2D eigenvalue weighted by Gasteiger charge is -2.29. The lowest BCUT2D eigenvalue weighted by Crippen LogP contribution is -2.48. The van der Waals surface area contributed by atoms with Crippen molar-refractivity contribution >= 4 is 17.5 Å². The van der Waals surface area contributed by atoms with E-state index in [0.717, 1.165) is 24.8 Å². The van der Waals surface area contributed by atoms with E-state index in [-0.39, 0.29) is 17.3 Å². The Bertz CT molecular complexity index is 444. The van der Waals surface area contributed by atoms with Crippen molar-refractivity contribution < 1.29 is 4.79 Å². The smallest absolute Gasteiger partial charge is 0.230 e. The fraction of sp³-hybridized carbons (Fsp3) is 0.588. The number of benzene rings is 1. The highest BCUT2D eigenvalue weighted by Crippen LogP contribution is 2.26. The average molecular weight is 294 g/mol. The summed E-state index contributed by atoms with van der Waals surface area (Å²) in [5, 5.41) is 3.24. The van der Waals surface area contributed by atoms with E-state index < -0.39 is 5.41 Å². The molecule has 1 saturated carbocycles. The highest BCUT2D eigenvalue weighted by Gasteiger charge is 2.33. The zero-order valence-electron chi connectivity index (χ0n) is 12.4. The SMILES string of the molecule is CC(C)(C(=O)NC1CCCCCC1Cl)c1ccccc1. The number of hydrogen-bond donors (Lipinski definition) is 1. The van der Waals surface area contributed by atoms with Crippen molar-refractivity contribution in [1.29, 1.82) is 0 Å². The highest BCUT2D eigenvalue weighted by atomic mass is 35.5. The number of amides is 1. The van der Waals surface area contributed by atoms with Gasteiger partial charge in [-0.05, 0) is 32.3 Å². The molecular formula is C17H24ClNO. The zero-order chi connectivity index (χ0) is 14.6. The van der Waals surface area contributed by atoms with E-state index in [9.17, 15) is 4.79 Å². The van der Waals surface area contributed by atoms with Crippen LogP contribution in [0.5, 0.6) is 0 Å². The minimum Gasteiger partial charge on any atom is -0.351 e. The number of hydrogen-bond acceptors (Lipinski definition) is 1. The van der Waals surface area contributed by atoms with Gasteiger partial charge in [-0.1, -0.05) is 49.6 Å². The molecule has 2 atom stereocenters. The van der Waals surface area contributed by atoms with Crippen LogP contribution in [-0.2, 0) is 10.2 Å². The van der Waals surface area contributed by atoms with Crippen molar-refractivity contribution in [2.75, 3.05) is 0 Å². The van der Waals surface area contributed by atoms with E-state index in [4.69, 9.17) is 11.6 Å². The second-order valence-corrected chi connectivity index (χ2v) is 6.79. The molecule has 0 spiro atoms. The summed E-state index contributed by atoms with van der Waals surface area (Å²) < 4.78 is 0. The monoisotopic (exact) mass is 293 g/mol. The van der Waals surface area contributed by atoms with Gasteiger partial charge < -0.3 is 5.32 Å². The first kappa shape index (κ1) is 15.4. The molecule has 0 heterocycles. The molecule has 1 aliphatic carbocycles. The normalized spacial score (nSPS) is 23.9. The predicted octanol–water partition coefficient (Wildman–Crippen LogP) is 4.02. The first-order valence-electron chi connectivity index (χ1n) is 7.52. The summed E-state index contributed by atoms with van der Waals surface area (Å²) in [7, 11) is 0. The highest BCUT2D eigenvalue weighted by molar-refractivity contribution is 6.21. The Hall–Kier alpha value is -1.02. The molecule has 1 amide bonds. The Morgan fingerprint density at radius 3 is 2.50 bits per heavy atom. The van der Waals surface area contributed by atoms with Crippen LogP contribution in [0.15, 0.2) is 30.3 Å². The van der Waals surface area contributed by atoms with Gasteiger partial charge in [0.05, 0.1) is 10.8 Å². The van der Waals surface area contributed by atoms with Crippen LogP contribution in [0.1, 0.15) is 51.5 Å². The molecule has 1 fully saturated rings. The van der Waals surface area contributed by atoms with Crippen molar-refractivity contribution in [3.63, 3.8) is 0 Å². The molecule has 1 N–H and O–H groups in total. The largest absolute Gasteiger partial charge is 0.351 e. The first-order valence-corrected chi connectivity index (χ1v) is 7.96. The van der Waals surface area contributed by atoms with Gasteiger partial charge in [0.15, 0.2) is 0 Å². The fourth-order valence-electron chi connectivity index (χ4n) is 2.76. The molecule has 20 heavy (non-hydrogen) atoms. The van der Waals surface area contributed by atoms with E-state index in [2.05, 4.69) is 5.32 Å². The Morgan fingerprint density at radius 2 is 1.80 bits per heavy atom. The van der Waals surface area contributed by atoms with Crippen molar-refractivity contribution in [1.82, 2.24) is 5.32 Å². The summed E-state index contributed by atoms with van der Waals surface area (Å²) in [4.78, 5) is 12.6. The third kappa shape index (κ3) is 3.54. The standard InChI is InChI=1S/C17H24ClNO/c1-17(2,13-9-5-3-6-10-13)16(20)19-15-12-8-4-7-11-14(15)18/h3,5-6,9-10,14-15H,4,7-8,11-12H2,1-2H3,(H,19,20). The summed E-state index contributed by atoms with van der Waals surface area (Å²) in [5.74, 6) is 0.0706. The van der Waals surface area contributed by atoms with Crippen LogP contribution in [0.25, 0.3) is 0 Å². The molecule has 0 saturated heterocycles. The summed E-state index contributed by atoms with van der Waals surface area (Å²) in [6.45, 7) is 3.94. The van der Waals surface area contributed by atoms with Crippen molar-refractivity contribution in [3.8, 4) is 0 Å². The van der Waals surface area contributed by atoms with Crippen LogP contribution in [-0.4, -0.2) is 17.3 Å². The fourth-order valence-corrected chi connectivity index (χ4v) is 3.10. The maximum absolute atomic E-state index is 12.6. The summed E-state index contributed by atoms with van der Waals surface area (Å²) in [5.41, 5.74) is 0.515. The number of halogens is 1. The molecule has 3 heteroatoms. The van der Waals surface area contributed by atoms with E-state index in [1.54, 1.807) is 0 Å². The van der Waals surface area contributed by atoms with Crippen LogP contribution in [0.2, 0.25) is 0 Å². The molecule has 1 aromatic carbocycles. The van der Waals surface area contributed by atoms with Gasteiger partial charge in [-0.2, -0.15) is 0 Å². The molecule has 110 valence electrons. The summed E-state index contributed by atoms with van der Waals surface area (Å²) >= 11 is 6.41.